The number of hydrogen-bond acceptors (Lipinski definition) is 7. The first-order valence-electron chi connectivity index (χ1n) is 6.28. The van der Waals surface area contributed by atoms with Gasteiger partial charge in [0.25, 0.3) is 0 Å². The van der Waals surface area contributed by atoms with Gasteiger partial charge >= 0.3 is 16.2 Å². The monoisotopic (exact) mass is 331 g/mol. The molecule has 0 radical (unpaired) electrons. The molecule has 10 heteroatoms. The summed E-state index contributed by atoms with van der Waals surface area (Å²) in [4.78, 5) is 28.6. The Morgan fingerprint density at radius 2 is 2.23 bits per heavy atom. The summed E-state index contributed by atoms with van der Waals surface area (Å²) in [5.74, 6) is -0.956. The molecule has 1 aliphatic heterocycles. The van der Waals surface area contributed by atoms with Crippen LogP contribution in [0.5, 0.6) is 0 Å². The second-order valence-corrected chi connectivity index (χ2v) is 6.26. The van der Waals surface area contributed by atoms with Crippen LogP contribution in [0.1, 0.15) is 16.8 Å². The van der Waals surface area contributed by atoms with Gasteiger partial charge < -0.3 is 15.0 Å². The van der Waals surface area contributed by atoms with Crippen molar-refractivity contribution in [3.8, 4) is 0 Å². The molecule has 1 N–H and O–H groups in total. The predicted octanol–water partition coefficient (Wildman–Crippen LogP) is 0.314. The maximum atomic E-state index is 13.1. The smallest absolute Gasteiger partial charge is 0.339 e. The number of rotatable bonds is 4. The number of halogens is 1. The molecule has 8 nitrogen and oxygen atoms in total. The Morgan fingerprint density at radius 3 is 2.73 bits per heavy atom. The van der Waals surface area contributed by atoms with Gasteiger partial charge in [0.2, 0.25) is 5.91 Å². The molecule has 1 aromatic rings. The summed E-state index contributed by atoms with van der Waals surface area (Å²) < 4.78 is 39.6. The molecule has 120 valence electrons. The van der Waals surface area contributed by atoms with Crippen LogP contribution in [0.4, 0.5) is 15.4 Å². The van der Waals surface area contributed by atoms with E-state index >= 15 is 0 Å². The highest BCUT2D eigenvalue weighted by atomic mass is 32.3. The van der Waals surface area contributed by atoms with Crippen LogP contribution in [0.3, 0.4) is 0 Å². The Hall–Kier alpha value is -2.23. The minimum absolute atomic E-state index is 0.0934. The molecule has 0 aliphatic carbocycles. The standard InChI is InChI=1S/C12H14FN3O5S/c1-14-11-9(3-7(5-15-11)12(18)21-2)16-6-8(4-10(16)17)22(13,19)20/h3,5,8H,4,6H2,1-2H3,(H,14,15). The molecule has 1 fully saturated rings. The van der Waals surface area contributed by atoms with E-state index in [4.69, 9.17) is 0 Å². The molecule has 1 aromatic heterocycles. The van der Waals surface area contributed by atoms with E-state index in [1.807, 2.05) is 0 Å². The zero-order valence-corrected chi connectivity index (χ0v) is 12.7. The Morgan fingerprint density at radius 1 is 1.55 bits per heavy atom. The number of aromatic nitrogens is 1. The lowest BCUT2D eigenvalue weighted by molar-refractivity contribution is -0.117. The fourth-order valence-corrected chi connectivity index (χ4v) is 2.85. The fourth-order valence-electron chi connectivity index (χ4n) is 2.18. The number of hydrogen-bond donors (Lipinski definition) is 1. The first-order valence-corrected chi connectivity index (χ1v) is 7.72. The molecular formula is C12H14FN3O5S. The molecule has 0 saturated carbocycles. The summed E-state index contributed by atoms with van der Waals surface area (Å²) in [6.45, 7) is -0.335. The summed E-state index contributed by atoms with van der Waals surface area (Å²) in [6.07, 6.45) is 0.801. The summed E-state index contributed by atoms with van der Waals surface area (Å²) in [5, 5.41) is 1.31. The number of methoxy groups -OCH3 is 1. The Labute approximate surface area is 126 Å². The largest absolute Gasteiger partial charge is 0.465 e. The van der Waals surface area contributed by atoms with Crippen LogP contribution >= 0.6 is 0 Å². The number of anilines is 2. The van der Waals surface area contributed by atoms with Crippen LogP contribution < -0.4 is 10.2 Å². The minimum Gasteiger partial charge on any atom is -0.465 e. The van der Waals surface area contributed by atoms with Gasteiger partial charge in [-0.25, -0.2) is 9.78 Å². The molecule has 0 bridgehead atoms. The van der Waals surface area contributed by atoms with Gasteiger partial charge in [-0.15, -0.1) is 3.89 Å². The van der Waals surface area contributed by atoms with Crippen LogP contribution in [-0.2, 0) is 19.8 Å². The van der Waals surface area contributed by atoms with E-state index in [0.717, 1.165) is 4.90 Å². The molecule has 2 rings (SSSR count). The lowest BCUT2D eigenvalue weighted by atomic mass is 10.2. The predicted molar refractivity (Wildman–Crippen MR) is 75.9 cm³/mol. The molecule has 0 aromatic carbocycles. The Kier molecular flexibility index (Phi) is 4.31. The molecule has 22 heavy (non-hydrogen) atoms. The summed E-state index contributed by atoms with van der Waals surface area (Å²) in [6, 6.07) is 1.34. The average molecular weight is 331 g/mol. The van der Waals surface area contributed by atoms with Gasteiger partial charge in [-0.05, 0) is 6.07 Å². The summed E-state index contributed by atoms with van der Waals surface area (Å²) in [7, 11) is -2.08. The highest BCUT2D eigenvalue weighted by Crippen LogP contribution is 2.31. The van der Waals surface area contributed by atoms with E-state index in [9.17, 15) is 21.9 Å². The van der Waals surface area contributed by atoms with Crippen molar-refractivity contribution in [2.24, 2.45) is 0 Å². The SMILES string of the molecule is CNc1ncc(C(=O)OC)cc1N1CC(S(=O)(=O)F)CC1=O. The van der Waals surface area contributed by atoms with E-state index in [1.165, 1.54) is 19.4 Å². The minimum atomic E-state index is -4.82. The van der Waals surface area contributed by atoms with Crippen molar-refractivity contribution in [1.29, 1.82) is 0 Å². The van der Waals surface area contributed by atoms with Gasteiger partial charge in [0.1, 0.15) is 11.1 Å². The van der Waals surface area contributed by atoms with Crippen molar-refractivity contribution in [2.45, 2.75) is 11.7 Å². The number of amides is 1. The second-order valence-electron chi connectivity index (χ2n) is 4.64. The van der Waals surface area contributed by atoms with Crippen molar-refractivity contribution in [3.05, 3.63) is 17.8 Å². The van der Waals surface area contributed by atoms with Crippen molar-refractivity contribution < 1.29 is 26.6 Å². The summed E-state index contributed by atoms with van der Waals surface area (Å²) in [5.41, 5.74) is 0.289. The number of nitrogens with zero attached hydrogens (tertiary/aromatic N) is 2. The van der Waals surface area contributed by atoms with Gasteiger partial charge in [0.05, 0.1) is 18.4 Å². The van der Waals surface area contributed by atoms with Gasteiger partial charge in [-0.3, -0.25) is 4.79 Å². The number of nitrogens with one attached hydrogen (secondary N) is 1. The normalized spacial score (nSPS) is 18.4. The first-order chi connectivity index (χ1) is 10.3. The lowest BCUT2D eigenvalue weighted by Crippen LogP contribution is -2.28. The molecular weight excluding hydrogens is 317 g/mol. The van der Waals surface area contributed by atoms with E-state index in [1.54, 1.807) is 7.05 Å². The van der Waals surface area contributed by atoms with E-state index < -0.39 is 33.8 Å². The zero-order valence-electron chi connectivity index (χ0n) is 11.9. The number of ether oxygens (including phenoxy) is 1. The van der Waals surface area contributed by atoms with Gasteiger partial charge in [-0.1, -0.05) is 0 Å². The van der Waals surface area contributed by atoms with Crippen molar-refractivity contribution in [1.82, 2.24) is 4.98 Å². The molecule has 0 spiro atoms. The van der Waals surface area contributed by atoms with E-state index in [0.29, 0.717) is 0 Å². The highest BCUT2D eigenvalue weighted by Gasteiger charge is 2.40. The third-order valence-electron chi connectivity index (χ3n) is 3.30. The zero-order chi connectivity index (χ0) is 16.5. The Balaban J connectivity index is 2.43. The fraction of sp³-hybridized carbons (Fsp3) is 0.417. The molecule has 2 heterocycles. The maximum absolute atomic E-state index is 13.1. The quantitative estimate of drug-likeness (QED) is 0.625. The number of carbonyl (C=O) groups excluding carboxylic acids is 2. The Bertz CT molecular complexity index is 721. The second kappa shape index (κ2) is 5.87. The third kappa shape index (κ3) is 3.01. The molecule has 1 amide bonds. The highest BCUT2D eigenvalue weighted by molar-refractivity contribution is 7.87. The van der Waals surface area contributed by atoms with Crippen LogP contribution in [0, 0.1) is 0 Å². The average Bonchev–Trinajstić information content (AvgIpc) is 2.87. The number of pyridine rings is 1. The molecule has 1 aliphatic rings. The number of esters is 1. The van der Waals surface area contributed by atoms with Gasteiger partial charge in [-0.2, -0.15) is 8.42 Å². The third-order valence-corrected chi connectivity index (χ3v) is 4.42. The first kappa shape index (κ1) is 16.1. The number of carbonyl (C=O) groups is 2. The van der Waals surface area contributed by atoms with Gasteiger partial charge in [0, 0.05) is 26.2 Å². The summed E-state index contributed by atoms with van der Waals surface area (Å²) >= 11 is 0. The maximum Gasteiger partial charge on any atom is 0.339 e. The van der Waals surface area contributed by atoms with Gasteiger partial charge in [0.15, 0.2) is 0 Å². The van der Waals surface area contributed by atoms with Crippen LogP contribution in [-0.4, -0.2) is 51.2 Å². The van der Waals surface area contributed by atoms with Crippen LogP contribution in [0.2, 0.25) is 0 Å². The van der Waals surface area contributed by atoms with Crippen molar-refractivity contribution in [3.63, 3.8) is 0 Å². The van der Waals surface area contributed by atoms with Crippen LogP contribution in [0.15, 0.2) is 12.3 Å². The molecule has 1 saturated heterocycles. The van der Waals surface area contributed by atoms with Crippen LogP contribution in [0.25, 0.3) is 0 Å². The van der Waals surface area contributed by atoms with Crippen molar-refractivity contribution in [2.75, 3.05) is 30.9 Å². The molecule has 1 atom stereocenters. The lowest BCUT2D eigenvalue weighted by Gasteiger charge is -2.19. The molecule has 1 unspecified atom stereocenters. The van der Waals surface area contributed by atoms with E-state index in [2.05, 4.69) is 15.0 Å². The van der Waals surface area contributed by atoms with Crippen molar-refractivity contribution >= 4 is 33.6 Å². The van der Waals surface area contributed by atoms with E-state index in [-0.39, 0.29) is 23.6 Å². The topological polar surface area (TPSA) is 106 Å².